The van der Waals surface area contributed by atoms with E-state index in [0.717, 1.165) is 12.8 Å². The number of carbonyl (C=O) groups excluding carboxylic acids is 1. The average Bonchev–Trinajstić information content (AvgIpc) is 2.35. The highest BCUT2D eigenvalue weighted by molar-refractivity contribution is 7.84. The fraction of sp³-hybridized carbons (Fsp3) is 0.929. The Labute approximate surface area is 119 Å². The lowest BCUT2D eigenvalue weighted by Crippen LogP contribution is -2.51. The van der Waals surface area contributed by atoms with E-state index in [1.54, 1.807) is 0 Å². The summed E-state index contributed by atoms with van der Waals surface area (Å²) in [7, 11) is -0.815. The van der Waals surface area contributed by atoms with Crippen LogP contribution in [-0.2, 0) is 15.6 Å². The topological polar surface area (TPSA) is 72.2 Å². The second-order valence-electron chi connectivity index (χ2n) is 6.13. The molecule has 3 N–H and O–H groups in total. The van der Waals surface area contributed by atoms with Crippen LogP contribution in [0.2, 0.25) is 0 Å². The van der Waals surface area contributed by atoms with Crippen LogP contribution in [-0.4, -0.2) is 34.2 Å². The summed E-state index contributed by atoms with van der Waals surface area (Å²) in [6.45, 7) is 8.80. The van der Waals surface area contributed by atoms with Gasteiger partial charge in [-0.15, -0.1) is 0 Å². The Kier molecular flexibility index (Phi) is 5.99. The molecule has 0 bridgehead atoms. The monoisotopic (exact) mass is 288 g/mol. The predicted molar refractivity (Wildman–Crippen MR) is 80.2 cm³/mol. The van der Waals surface area contributed by atoms with Gasteiger partial charge in [-0.25, -0.2) is 0 Å². The van der Waals surface area contributed by atoms with Crippen molar-refractivity contribution in [1.29, 1.82) is 0 Å². The summed E-state index contributed by atoms with van der Waals surface area (Å²) in [5.41, 5.74) is 6.02. The summed E-state index contributed by atoms with van der Waals surface area (Å²) in [5.74, 6) is 1.64. The number of nitrogens with one attached hydrogen (secondary N) is 1. The third kappa shape index (κ3) is 4.02. The first-order chi connectivity index (χ1) is 8.80. The van der Waals surface area contributed by atoms with E-state index in [-0.39, 0.29) is 23.3 Å². The van der Waals surface area contributed by atoms with E-state index in [4.69, 9.17) is 5.73 Å². The number of rotatable bonds is 5. The van der Waals surface area contributed by atoms with E-state index in [9.17, 15) is 9.00 Å². The van der Waals surface area contributed by atoms with Crippen molar-refractivity contribution in [2.45, 2.75) is 46.6 Å². The molecule has 4 unspecified atom stereocenters. The molecule has 0 aromatic rings. The van der Waals surface area contributed by atoms with Crippen LogP contribution in [0.3, 0.4) is 0 Å². The lowest BCUT2D eigenvalue weighted by atomic mass is 9.61. The van der Waals surface area contributed by atoms with Gasteiger partial charge in [0, 0.05) is 40.8 Å². The summed E-state index contributed by atoms with van der Waals surface area (Å²) in [4.78, 5) is 12.3. The molecule has 5 heteroatoms. The fourth-order valence-corrected chi connectivity index (χ4v) is 3.49. The maximum absolute atomic E-state index is 12.3. The van der Waals surface area contributed by atoms with Gasteiger partial charge in [0.2, 0.25) is 5.91 Å². The SMILES string of the molecule is CCS(=O)CCNC(=O)C1CCC(N)C(C)C1(C)C. The van der Waals surface area contributed by atoms with Crippen LogP contribution in [0, 0.1) is 17.3 Å². The summed E-state index contributed by atoms with van der Waals surface area (Å²) >= 11 is 0. The second kappa shape index (κ2) is 6.84. The average molecular weight is 288 g/mol. The van der Waals surface area contributed by atoms with Gasteiger partial charge in [-0.3, -0.25) is 9.00 Å². The molecule has 1 saturated carbocycles. The molecule has 0 aromatic heterocycles. The van der Waals surface area contributed by atoms with Crippen molar-refractivity contribution in [3.8, 4) is 0 Å². The van der Waals surface area contributed by atoms with Gasteiger partial charge in [0.05, 0.1) is 0 Å². The summed E-state index contributed by atoms with van der Waals surface area (Å²) < 4.78 is 11.3. The van der Waals surface area contributed by atoms with Crippen LogP contribution >= 0.6 is 0 Å². The third-order valence-corrected chi connectivity index (χ3v) is 6.07. The van der Waals surface area contributed by atoms with Gasteiger partial charge < -0.3 is 11.1 Å². The second-order valence-corrected chi connectivity index (χ2v) is 7.99. The molecule has 1 fully saturated rings. The molecule has 0 aromatic carbocycles. The molecule has 0 spiro atoms. The summed E-state index contributed by atoms with van der Waals surface area (Å²) in [6.07, 6.45) is 1.75. The summed E-state index contributed by atoms with van der Waals surface area (Å²) in [5, 5.41) is 2.94. The van der Waals surface area contributed by atoms with Crippen LogP contribution in [0.1, 0.15) is 40.5 Å². The predicted octanol–water partition coefficient (Wildman–Crippen LogP) is 1.27. The van der Waals surface area contributed by atoms with Crippen molar-refractivity contribution in [3.05, 3.63) is 0 Å². The maximum Gasteiger partial charge on any atom is 0.223 e. The minimum absolute atomic E-state index is 0.0114. The number of hydrogen-bond donors (Lipinski definition) is 2. The van der Waals surface area contributed by atoms with E-state index >= 15 is 0 Å². The van der Waals surface area contributed by atoms with Gasteiger partial charge >= 0.3 is 0 Å². The van der Waals surface area contributed by atoms with Gasteiger partial charge in [-0.2, -0.15) is 0 Å². The highest BCUT2D eigenvalue weighted by atomic mass is 32.2. The fourth-order valence-electron chi connectivity index (χ4n) is 2.87. The van der Waals surface area contributed by atoms with Crippen LogP contribution in [0.5, 0.6) is 0 Å². The zero-order chi connectivity index (χ0) is 14.6. The highest BCUT2D eigenvalue weighted by Crippen LogP contribution is 2.44. The van der Waals surface area contributed by atoms with Crippen molar-refractivity contribution in [2.24, 2.45) is 23.0 Å². The zero-order valence-corrected chi connectivity index (χ0v) is 13.4. The number of carbonyl (C=O) groups is 1. The Hall–Kier alpha value is -0.420. The van der Waals surface area contributed by atoms with Crippen LogP contribution in [0.15, 0.2) is 0 Å². The van der Waals surface area contributed by atoms with E-state index < -0.39 is 10.8 Å². The van der Waals surface area contributed by atoms with Crippen LogP contribution in [0.25, 0.3) is 0 Å². The molecule has 0 radical (unpaired) electrons. The molecule has 4 atom stereocenters. The van der Waals surface area contributed by atoms with E-state index in [1.165, 1.54) is 0 Å². The standard InChI is InChI=1S/C14H28N2O2S/c1-5-19(18)9-8-16-13(17)11-6-7-12(15)10(2)14(11,3)4/h10-12H,5-9,15H2,1-4H3,(H,16,17). The Morgan fingerprint density at radius 1 is 1.42 bits per heavy atom. The van der Waals surface area contributed by atoms with Gasteiger partial charge in [0.15, 0.2) is 0 Å². The first-order valence-electron chi connectivity index (χ1n) is 7.19. The molecule has 0 aliphatic heterocycles. The van der Waals surface area contributed by atoms with Crippen molar-refractivity contribution in [1.82, 2.24) is 5.32 Å². The Morgan fingerprint density at radius 2 is 2.05 bits per heavy atom. The van der Waals surface area contributed by atoms with Crippen molar-refractivity contribution in [2.75, 3.05) is 18.1 Å². The first kappa shape index (κ1) is 16.6. The quantitative estimate of drug-likeness (QED) is 0.800. The normalized spacial score (nSPS) is 31.7. The Morgan fingerprint density at radius 3 is 2.63 bits per heavy atom. The van der Waals surface area contributed by atoms with Gasteiger partial charge in [-0.1, -0.05) is 27.7 Å². The minimum Gasteiger partial charge on any atom is -0.355 e. The number of hydrogen-bond acceptors (Lipinski definition) is 3. The van der Waals surface area contributed by atoms with Gasteiger partial charge in [-0.05, 0) is 24.2 Å². The van der Waals surface area contributed by atoms with Gasteiger partial charge in [0.25, 0.3) is 0 Å². The molecule has 1 rings (SSSR count). The first-order valence-corrected chi connectivity index (χ1v) is 8.67. The van der Waals surface area contributed by atoms with Crippen LogP contribution in [0.4, 0.5) is 0 Å². The molecule has 4 nitrogen and oxygen atoms in total. The molecule has 0 saturated heterocycles. The van der Waals surface area contributed by atoms with Crippen molar-refractivity contribution in [3.63, 3.8) is 0 Å². The lowest BCUT2D eigenvalue weighted by Gasteiger charge is -2.46. The molecule has 1 amide bonds. The third-order valence-electron chi connectivity index (χ3n) is 4.77. The Bertz CT molecular complexity index is 344. The smallest absolute Gasteiger partial charge is 0.223 e. The molecular formula is C14H28N2O2S. The molecular weight excluding hydrogens is 260 g/mol. The van der Waals surface area contributed by atoms with E-state index in [1.807, 2.05) is 6.92 Å². The Balaban J connectivity index is 2.54. The van der Waals surface area contributed by atoms with E-state index in [2.05, 4.69) is 26.1 Å². The van der Waals surface area contributed by atoms with Crippen LogP contribution < -0.4 is 11.1 Å². The van der Waals surface area contributed by atoms with Crippen molar-refractivity contribution >= 4 is 16.7 Å². The molecule has 1 aliphatic rings. The lowest BCUT2D eigenvalue weighted by molar-refractivity contribution is -0.132. The molecule has 0 heterocycles. The van der Waals surface area contributed by atoms with E-state index in [0.29, 0.717) is 24.0 Å². The highest BCUT2D eigenvalue weighted by Gasteiger charge is 2.44. The van der Waals surface area contributed by atoms with Gasteiger partial charge in [0.1, 0.15) is 0 Å². The minimum atomic E-state index is -0.815. The number of amides is 1. The molecule has 19 heavy (non-hydrogen) atoms. The summed E-state index contributed by atoms with van der Waals surface area (Å²) in [6, 6.07) is 0.187. The largest absolute Gasteiger partial charge is 0.355 e. The maximum atomic E-state index is 12.3. The van der Waals surface area contributed by atoms with Crippen molar-refractivity contribution < 1.29 is 9.00 Å². The number of nitrogens with two attached hydrogens (primary N) is 1. The molecule has 1 aliphatic carbocycles. The zero-order valence-electron chi connectivity index (χ0n) is 12.6. The molecule has 112 valence electrons.